The van der Waals surface area contributed by atoms with Crippen molar-refractivity contribution in [1.29, 1.82) is 0 Å². The van der Waals surface area contributed by atoms with E-state index in [1.807, 2.05) is 20.9 Å². The molecule has 0 aliphatic carbocycles. The van der Waals surface area contributed by atoms with Gasteiger partial charge in [0.15, 0.2) is 5.69 Å². The summed E-state index contributed by atoms with van der Waals surface area (Å²) in [6.07, 6.45) is 3.43. The zero-order valence-corrected chi connectivity index (χ0v) is 14.2. The van der Waals surface area contributed by atoms with Gasteiger partial charge in [-0.15, -0.1) is 0 Å². The first-order valence-corrected chi connectivity index (χ1v) is 7.96. The van der Waals surface area contributed by atoms with Crippen LogP contribution in [0.1, 0.15) is 53.4 Å². The zero-order valence-electron chi connectivity index (χ0n) is 14.2. The predicted octanol–water partition coefficient (Wildman–Crippen LogP) is 3.19. The molecule has 3 rings (SSSR count). The van der Waals surface area contributed by atoms with E-state index in [1.54, 1.807) is 35.2 Å². The lowest BCUT2D eigenvalue weighted by Gasteiger charge is -2.18. The number of hydrogen-bond acceptors (Lipinski definition) is 4. The third-order valence-corrected chi connectivity index (χ3v) is 3.93. The van der Waals surface area contributed by atoms with Crippen molar-refractivity contribution in [3.05, 3.63) is 71.4 Å². The minimum Gasteiger partial charge on any atom is -0.360 e. The molecule has 0 fully saturated rings. The van der Waals surface area contributed by atoms with Crippen LogP contribution in [0.2, 0.25) is 0 Å². The van der Waals surface area contributed by atoms with E-state index >= 15 is 0 Å². The molecule has 2 heterocycles. The van der Waals surface area contributed by atoms with Gasteiger partial charge in [-0.05, 0) is 17.7 Å². The normalized spacial score (nSPS) is 12.4. The van der Waals surface area contributed by atoms with Crippen LogP contribution in [0.25, 0.3) is 0 Å². The van der Waals surface area contributed by atoms with Gasteiger partial charge in [0.05, 0.1) is 0 Å². The number of nitrogens with zero attached hydrogens (tertiary/aromatic N) is 3. The summed E-state index contributed by atoms with van der Waals surface area (Å²) in [4.78, 5) is 16.9. The second-order valence-corrected chi connectivity index (χ2v) is 6.12. The summed E-state index contributed by atoms with van der Waals surface area (Å²) in [6, 6.07) is 7.04. The van der Waals surface area contributed by atoms with Crippen molar-refractivity contribution in [2.24, 2.45) is 7.05 Å². The smallest absolute Gasteiger partial charge is 0.274 e. The van der Waals surface area contributed by atoms with Crippen molar-refractivity contribution < 1.29 is 13.7 Å². The lowest BCUT2D eigenvalue weighted by molar-refractivity contribution is 0.0932. The van der Waals surface area contributed by atoms with E-state index in [2.05, 4.69) is 15.5 Å². The standard InChI is InChI=1S/C18H19FN4O2/c1-11(2)15-10-14(22-25-15)18(24)21-16(17-20-8-9-23(17)3)12-4-6-13(19)7-5-12/h4-11,16H,1-3H3,(H,21,24). The van der Waals surface area contributed by atoms with Gasteiger partial charge in [0.2, 0.25) is 0 Å². The Kier molecular flexibility index (Phi) is 4.65. The van der Waals surface area contributed by atoms with Crippen LogP contribution in [0.15, 0.2) is 47.2 Å². The van der Waals surface area contributed by atoms with Crippen LogP contribution in [-0.2, 0) is 7.05 Å². The minimum atomic E-state index is -0.535. The number of carbonyl (C=O) groups excluding carboxylic acids is 1. The highest BCUT2D eigenvalue weighted by molar-refractivity contribution is 5.92. The first-order valence-electron chi connectivity index (χ1n) is 7.96. The van der Waals surface area contributed by atoms with Crippen LogP contribution in [0.3, 0.4) is 0 Å². The van der Waals surface area contributed by atoms with Crippen LogP contribution in [0, 0.1) is 5.82 Å². The predicted molar refractivity (Wildman–Crippen MR) is 89.5 cm³/mol. The molecule has 0 aliphatic heterocycles. The van der Waals surface area contributed by atoms with Crippen molar-refractivity contribution in [2.45, 2.75) is 25.8 Å². The molecular formula is C18H19FN4O2. The van der Waals surface area contributed by atoms with E-state index in [0.29, 0.717) is 11.6 Å². The molecule has 1 aromatic carbocycles. The van der Waals surface area contributed by atoms with Gasteiger partial charge < -0.3 is 14.4 Å². The number of hydrogen-bond donors (Lipinski definition) is 1. The molecular weight excluding hydrogens is 323 g/mol. The molecule has 0 spiro atoms. The van der Waals surface area contributed by atoms with E-state index in [1.165, 1.54) is 12.1 Å². The maximum Gasteiger partial charge on any atom is 0.274 e. The van der Waals surface area contributed by atoms with Gasteiger partial charge in [0.1, 0.15) is 23.4 Å². The maximum atomic E-state index is 13.2. The van der Waals surface area contributed by atoms with Crippen LogP contribution in [-0.4, -0.2) is 20.6 Å². The summed E-state index contributed by atoms with van der Waals surface area (Å²) >= 11 is 0. The average molecular weight is 342 g/mol. The largest absolute Gasteiger partial charge is 0.360 e. The Bertz CT molecular complexity index is 867. The number of amides is 1. The van der Waals surface area contributed by atoms with Crippen molar-refractivity contribution >= 4 is 5.91 Å². The lowest BCUT2D eigenvalue weighted by atomic mass is 10.1. The Morgan fingerprint density at radius 2 is 2.00 bits per heavy atom. The molecule has 3 aromatic rings. The average Bonchev–Trinajstić information content (AvgIpc) is 3.23. The Balaban J connectivity index is 1.90. The monoisotopic (exact) mass is 342 g/mol. The number of nitrogens with one attached hydrogen (secondary N) is 1. The van der Waals surface area contributed by atoms with Crippen molar-refractivity contribution in [2.75, 3.05) is 0 Å². The van der Waals surface area contributed by atoms with E-state index < -0.39 is 6.04 Å². The summed E-state index contributed by atoms with van der Waals surface area (Å²) < 4.78 is 20.2. The second kappa shape index (κ2) is 6.88. The molecule has 6 nitrogen and oxygen atoms in total. The molecule has 0 bridgehead atoms. The number of aromatic nitrogens is 3. The van der Waals surface area contributed by atoms with Gasteiger partial charge >= 0.3 is 0 Å². The lowest BCUT2D eigenvalue weighted by Crippen LogP contribution is -2.31. The Labute approximate surface area is 144 Å². The van der Waals surface area contributed by atoms with Gasteiger partial charge in [0, 0.05) is 31.4 Å². The Morgan fingerprint density at radius 1 is 1.28 bits per heavy atom. The van der Waals surface area contributed by atoms with Crippen LogP contribution in [0.4, 0.5) is 4.39 Å². The van der Waals surface area contributed by atoms with Gasteiger partial charge in [0.25, 0.3) is 5.91 Å². The molecule has 0 aliphatic rings. The fourth-order valence-corrected chi connectivity index (χ4v) is 2.48. The summed E-state index contributed by atoms with van der Waals surface area (Å²) in [5.74, 6) is 0.684. The second-order valence-electron chi connectivity index (χ2n) is 6.12. The SMILES string of the molecule is CC(C)c1cc(C(=O)NC(c2ccc(F)cc2)c2nccn2C)no1. The molecule has 0 radical (unpaired) electrons. The number of rotatable bonds is 5. The topological polar surface area (TPSA) is 73.0 Å². The van der Waals surface area contributed by atoms with Gasteiger partial charge in [-0.2, -0.15) is 0 Å². The number of benzene rings is 1. The van der Waals surface area contributed by atoms with Gasteiger partial charge in [-0.25, -0.2) is 9.37 Å². The van der Waals surface area contributed by atoms with Crippen molar-refractivity contribution in [3.8, 4) is 0 Å². The number of carbonyl (C=O) groups is 1. The molecule has 25 heavy (non-hydrogen) atoms. The number of halogens is 1. The maximum absolute atomic E-state index is 13.2. The molecule has 1 unspecified atom stereocenters. The summed E-state index contributed by atoms with van der Waals surface area (Å²) in [5.41, 5.74) is 0.918. The first kappa shape index (κ1) is 16.9. The third kappa shape index (κ3) is 3.60. The summed E-state index contributed by atoms with van der Waals surface area (Å²) in [7, 11) is 1.83. The van der Waals surface area contributed by atoms with Crippen molar-refractivity contribution in [3.63, 3.8) is 0 Å². The molecule has 0 saturated heterocycles. The minimum absolute atomic E-state index is 0.136. The van der Waals surface area contributed by atoms with E-state index in [4.69, 9.17) is 4.52 Å². The summed E-state index contributed by atoms with van der Waals surface area (Å²) in [5, 5.41) is 6.73. The highest BCUT2D eigenvalue weighted by Gasteiger charge is 2.23. The Hall–Kier alpha value is -2.96. The molecule has 0 saturated carbocycles. The number of imidazole rings is 1. The number of aryl methyl sites for hydroxylation is 1. The van der Waals surface area contributed by atoms with Gasteiger partial charge in [-0.1, -0.05) is 31.1 Å². The fraction of sp³-hybridized carbons (Fsp3) is 0.278. The molecule has 1 amide bonds. The van der Waals surface area contributed by atoms with Crippen LogP contribution in [0.5, 0.6) is 0 Å². The highest BCUT2D eigenvalue weighted by Crippen LogP contribution is 2.22. The van der Waals surface area contributed by atoms with Crippen LogP contribution >= 0.6 is 0 Å². The highest BCUT2D eigenvalue weighted by atomic mass is 19.1. The molecule has 1 N–H and O–H groups in total. The molecule has 2 aromatic heterocycles. The fourth-order valence-electron chi connectivity index (χ4n) is 2.48. The van der Waals surface area contributed by atoms with Crippen LogP contribution < -0.4 is 5.32 Å². The Morgan fingerprint density at radius 3 is 2.56 bits per heavy atom. The van der Waals surface area contributed by atoms with Crippen molar-refractivity contribution in [1.82, 2.24) is 20.0 Å². The zero-order chi connectivity index (χ0) is 18.0. The van der Waals surface area contributed by atoms with E-state index in [0.717, 1.165) is 5.56 Å². The molecule has 1 atom stereocenters. The first-order chi connectivity index (χ1) is 12.0. The van der Waals surface area contributed by atoms with Gasteiger partial charge in [-0.3, -0.25) is 4.79 Å². The quantitative estimate of drug-likeness (QED) is 0.773. The van der Waals surface area contributed by atoms with E-state index in [-0.39, 0.29) is 23.3 Å². The molecule has 130 valence electrons. The van der Waals surface area contributed by atoms with E-state index in [9.17, 15) is 9.18 Å². The third-order valence-electron chi connectivity index (χ3n) is 3.93. The summed E-state index contributed by atoms with van der Waals surface area (Å²) in [6.45, 7) is 3.91. The molecule has 7 heteroatoms.